The van der Waals surface area contributed by atoms with Crippen LogP contribution in [-0.2, 0) is 18.2 Å². The van der Waals surface area contributed by atoms with Gasteiger partial charge in [-0.2, -0.15) is 15.3 Å². The molecule has 1 saturated carbocycles. The zero-order valence-corrected chi connectivity index (χ0v) is 14.4. The van der Waals surface area contributed by atoms with Crippen molar-refractivity contribution in [2.45, 2.75) is 37.8 Å². The average Bonchev–Trinajstić information content (AvgIpc) is 3.25. The summed E-state index contributed by atoms with van der Waals surface area (Å²) in [5, 5.41) is 11.8. The van der Waals surface area contributed by atoms with Gasteiger partial charge >= 0.3 is 0 Å². The van der Waals surface area contributed by atoms with Crippen LogP contribution in [-0.4, -0.2) is 56.1 Å². The Kier molecular flexibility index (Phi) is 4.48. The summed E-state index contributed by atoms with van der Waals surface area (Å²) < 4.78 is 7.98. The normalized spacial score (nSPS) is 23.2. The van der Waals surface area contributed by atoms with E-state index in [-0.39, 0.29) is 18.1 Å². The first-order valence-corrected chi connectivity index (χ1v) is 8.87. The zero-order valence-electron chi connectivity index (χ0n) is 14.4. The number of hydrogen-bond donors (Lipinski definition) is 0. The summed E-state index contributed by atoms with van der Waals surface area (Å²) in [6.45, 7) is 1.52. The molecule has 0 unspecified atom stereocenters. The van der Waals surface area contributed by atoms with Gasteiger partial charge in [-0.1, -0.05) is 0 Å². The van der Waals surface area contributed by atoms with E-state index in [0.29, 0.717) is 18.0 Å². The molecule has 0 N–H and O–H groups in total. The Balaban J connectivity index is 1.52. The molecule has 3 heterocycles. The van der Waals surface area contributed by atoms with E-state index in [9.17, 15) is 4.79 Å². The predicted octanol–water partition coefficient (Wildman–Crippen LogP) is 1.46. The summed E-state index contributed by atoms with van der Waals surface area (Å²) in [5.74, 6) is 0.717. The lowest BCUT2D eigenvalue weighted by Crippen LogP contribution is -2.42. The number of hydrogen-bond acceptors (Lipinski definition) is 5. The van der Waals surface area contributed by atoms with Gasteiger partial charge in [-0.15, -0.1) is 0 Å². The van der Waals surface area contributed by atoms with Crippen molar-refractivity contribution >= 4 is 5.91 Å². The van der Waals surface area contributed by atoms with Crippen LogP contribution < -0.4 is 0 Å². The highest BCUT2D eigenvalue weighted by Crippen LogP contribution is 2.32. The lowest BCUT2D eigenvalue weighted by Gasteiger charge is -2.28. The van der Waals surface area contributed by atoms with Crippen LogP contribution in [0.4, 0.5) is 0 Å². The highest BCUT2D eigenvalue weighted by molar-refractivity contribution is 5.94. The second kappa shape index (κ2) is 6.92. The molecule has 2 atom stereocenters. The van der Waals surface area contributed by atoms with Crippen molar-refractivity contribution in [1.29, 1.82) is 0 Å². The Morgan fingerprint density at radius 3 is 2.84 bits per heavy atom. The summed E-state index contributed by atoms with van der Waals surface area (Å²) >= 11 is 0. The fourth-order valence-electron chi connectivity index (χ4n) is 3.46. The van der Waals surface area contributed by atoms with E-state index in [2.05, 4.69) is 15.3 Å². The van der Waals surface area contributed by atoms with Crippen molar-refractivity contribution in [3.63, 3.8) is 0 Å². The Hall–Kier alpha value is -2.28. The van der Waals surface area contributed by atoms with Crippen LogP contribution in [0.5, 0.6) is 0 Å². The van der Waals surface area contributed by atoms with Gasteiger partial charge in [-0.05, 0) is 43.2 Å². The van der Waals surface area contributed by atoms with E-state index in [1.807, 2.05) is 24.3 Å². The highest BCUT2D eigenvalue weighted by atomic mass is 16.5. The van der Waals surface area contributed by atoms with E-state index in [1.54, 1.807) is 16.9 Å². The topological polar surface area (TPSA) is 73.1 Å². The third kappa shape index (κ3) is 3.71. The third-order valence-electron chi connectivity index (χ3n) is 5.02. The smallest absolute Gasteiger partial charge is 0.255 e. The van der Waals surface area contributed by atoms with Crippen LogP contribution in [0.15, 0.2) is 30.9 Å². The molecular weight excluding hydrogens is 318 g/mol. The largest absolute Gasteiger partial charge is 0.376 e. The fourth-order valence-corrected chi connectivity index (χ4v) is 3.46. The van der Waals surface area contributed by atoms with Gasteiger partial charge in [0.2, 0.25) is 0 Å². The van der Waals surface area contributed by atoms with E-state index >= 15 is 0 Å². The molecule has 2 aromatic rings. The van der Waals surface area contributed by atoms with Crippen molar-refractivity contribution in [2.24, 2.45) is 13.0 Å². The van der Waals surface area contributed by atoms with Crippen LogP contribution in [0.2, 0.25) is 0 Å². The molecule has 2 fully saturated rings. The number of carbonyl (C=O) groups is 1. The van der Waals surface area contributed by atoms with Crippen LogP contribution in [0.1, 0.15) is 35.2 Å². The summed E-state index contributed by atoms with van der Waals surface area (Å²) in [5.41, 5.74) is 1.70. The van der Waals surface area contributed by atoms with Gasteiger partial charge in [0, 0.05) is 26.4 Å². The zero-order chi connectivity index (χ0) is 17.2. The number of ether oxygens (including phenoxy) is 1. The van der Waals surface area contributed by atoms with E-state index in [4.69, 9.17) is 4.74 Å². The number of aromatic nitrogens is 4. The maximum absolute atomic E-state index is 12.9. The second-order valence-electron chi connectivity index (χ2n) is 7.03. The average molecular weight is 341 g/mol. The molecule has 25 heavy (non-hydrogen) atoms. The van der Waals surface area contributed by atoms with Crippen molar-refractivity contribution < 1.29 is 9.53 Å². The molecule has 0 aromatic carbocycles. The minimum absolute atomic E-state index is 0.00122. The highest BCUT2D eigenvalue weighted by Gasteiger charge is 2.39. The molecule has 7 nitrogen and oxygen atoms in total. The molecule has 1 aliphatic heterocycles. The van der Waals surface area contributed by atoms with E-state index < -0.39 is 0 Å². The lowest BCUT2D eigenvalue weighted by molar-refractivity contribution is 0.0200. The second-order valence-corrected chi connectivity index (χ2v) is 7.03. The van der Waals surface area contributed by atoms with Gasteiger partial charge in [-0.25, -0.2) is 0 Å². The Morgan fingerprint density at radius 2 is 2.16 bits per heavy atom. The Bertz CT molecular complexity index is 728. The van der Waals surface area contributed by atoms with Crippen molar-refractivity contribution in [1.82, 2.24) is 24.9 Å². The van der Waals surface area contributed by atoms with Gasteiger partial charge in [-0.3, -0.25) is 9.48 Å². The van der Waals surface area contributed by atoms with E-state index in [0.717, 1.165) is 25.0 Å². The number of likely N-dealkylation sites (tertiary alicyclic amines) is 1. The Morgan fingerprint density at radius 1 is 1.28 bits per heavy atom. The van der Waals surface area contributed by atoms with Crippen LogP contribution in [0.3, 0.4) is 0 Å². The van der Waals surface area contributed by atoms with Gasteiger partial charge in [0.1, 0.15) is 0 Å². The molecular formula is C18H23N5O2. The molecule has 132 valence electrons. The number of amides is 1. The van der Waals surface area contributed by atoms with E-state index in [1.165, 1.54) is 19.0 Å². The summed E-state index contributed by atoms with van der Waals surface area (Å²) in [6.07, 6.45) is 11.2. The Labute approximate surface area is 147 Å². The van der Waals surface area contributed by atoms with Gasteiger partial charge < -0.3 is 9.64 Å². The van der Waals surface area contributed by atoms with Crippen molar-refractivity contribution in [3.05, 3.63) is 42.0 Å². The third-order valence-corrected chi connectivity index (χ3v) is 5.02. The minimum Gasteiger partial charge on any atom is -0.376 e. The molecule has 2 aromatic heterocycles. The number of rotatable bonds is 6. The first kappa shape index (κ1) is 16.2. The molecule has 0 bridgehead atoms. The van der Waals surface area contributed by atoms with Crippen LogP contribution in [0, 0.1) is 5.92 Å². The molecule has 1 amide bonds. The molecule has 0 spiro atoms. The van der Waals surface area contributed by atoms with Crippen LogP contribution >= 0.6 is 0 Å². The molecule has 2 aliphatic rings. The summed E-state index contributed by atoms with van der Waals surface area (Å²) in [4.78, 5) is 14.9. The fraction of sp³-hybridized carbons (Fsp3) is 0.556. The van der Waals surface area contributed by atoms with Crippen LogP contribution in [0.25, 0.3) is 0 Å². The monoisotopic (exact) mass is 341 g/mol. The molecule has 0 radical (unpaired) electrons. The molecule has 1 aliphatic carbocycles. The van der Waals surface area contributed by atoms with Crippen molar-refractivity contribution in [3.8, 4) is 0 Å². The first-order chi connectivity index (χ1) is 12.2. The van der Waals surface area contributed by atoms with Gasteiger partial charge in [0.25, 0.3) is 5.91 Å². The maximum Gasteiger partial charge on any atom is 0.255 e. The SMILES string of the molecule is Cn1cc(C[C@@H]2[C@@H](OCC3CC3)CCN2C(=O)c2ccnnc2)cn1. The standard InChI is InChI=1S/C18H23N5O2/c1-22-11-14(9-21-22)8-16-17(25-12-13-2-3-13)5-7-23(16)18(24)15-4-6-19-20-10-15/h4,6,9-11,13,16-17H,2-3,5,7-8,12H2,1H3/t16-,17+/m1/s1. The number of nitrogens with zero attached hydrogens (tertiary/aromatic N) is 5. The summed E-state index contributed by atoms with van der Waals surface area (Å²) in [7, 11) is 1.91. The minimum atomic E-state index is 0.00122. The lowest BCUT2D eigenvalue weighted by atomic mass is 10.0. The first-order valence-electron chi connectivity index (χ1n) is 8.87. The molecule has 1 saturated heterocycles. The summed E-state index contributed by atoms with van der Waals surface area (Å²) in [6, 6.07) is 1.75. The van der Waals surface area contributed by atoms with Gasteiger partial charge in [0.15, 0.2) is 0 Å². The maximum atomic E-state index is 12.9. The van der Waals surface area contributed by atoms with Crippen molar-refractivity contribution in [2.75, 3.05) is 13.2 Å². The number of aryl methyl sites for hydroxylation is 1. The quantitative estimate of drug-likeness (QED) is 0.795. The predicted molar refractivity (Wildman–Crippen MR) is 90.8 cm³/mol. The molecule has 4 rings (SSSR count). The van der Waals surface area contributed by atoms with Gasteiger partial charge in [0.05, 0.1) is 36.3 Å². The molecule has 7 heteroatoms. The number of carbonyl (C=O) groups excluding carboxylic acids is 1.